The number of piperidine rings is 1. The summed E-state index contributed by atoms with van der Waals surface area (Å²) in [7, 11) is -2.80. The average Bonchev–Trinajstić information content (AvgIpc) is 3.02. The molecule has 1 aromatic carbocycles. The molecule has 0 bridgehead atoms. The second kappa shape index (κ2) is 7.80. The van der Waals surface area contributed by atoms with Crippen LogP contribution in [0.1, 0.15) is 18.4 Å². The van der Waals surface area contributed by atoms with Crippen molar-refractivity contribution in [3.05, 3.63) is 40.4 Å². The lowest BCUT2D eigenvalue weighted by atomic mass is 10.1. The molecule has 0 amide bonds. The number of para-hydroxylation sites is 1. The average molecular weight is 454 g/mol. The van der Waals surface area contributed by atoms with E-state index in [4.69, 9.17) is 0 Å². The molecule has 0 unspecified atom stereocenters. The van der Waals surface area contributed by atoms with Crippen LogP contribution in [0.4, 0.5) is 19.1 Å². The summed E-state index contributed by atoms with van der Waals surface area (Å²) in [4.78, 5) is 23.2. The van der Waals surface area contributed by atoms with Crippen LogP contribution in [0.3, 0.4) is 0 Å². The fourth-order valence-corrected chi connectivity index (χ4v) is 4.90. The summed E-state index contributed by atoms with van der Waals surface area (Å²) in [6.45, 7) is 4.58. The van der Waals surface area contributed by atoms with Crippen molar-refractivity contribution in [2.75, 3.05) is 31.7 Å². The highest BCUT2D eigenvalue weighted by Gasteiger charge is 2.37. The molecule has 12 heteroatoms. The number of nitrogens with one attached hydrogen (secondary N) is 3. The number of alkyl halides is 3. The van der Waals surface area contributed by atoms with Gasteiger partial charge in [-0.2, -0.15) is 18.2 Å². The fourth-order valence-electron chi connectivity index (χ4n) is 3.74. The topological polar surface area (TPSA) is 105 Å². The molecule has 1 fully saturated rings. The summed E-state index contributed by atoms with van der Waals surface area (Å²) in [5, 5.41) is 6.63. The highest BCUT2D eigenvalue weighted by atomic mass is 31.2. The molecule has 8 nitrogen and oxygen atoms in total. The van der Waals surface area contributed by atoms with Gasteiger partial charge in [0.1, 0.15) is 12.7 Å². The first-order valence-corrected chi connectivity index (χ1v) is 12.4. The van der Waals surface area contributed by atoms with Gasteiger partial charge in [0, 0.05) is 24.1 Å². The van der Waals surface area contributed by atoms with Gasteiger partial charge in [0.25, 0.3) is 0 Å². The number of rotatable bonds is 4. The Morgan fingerprint density at radius 2 is 2.06 bits per heavy atom. The van der Waals surface area contributed by atoms with Gasteiger partial charge in [-0.1, -0.05) is 6.07 Å². The van der Waals surface area contributed by atoms with E-state index in [9.17, 15) is 22.5 Å². The van der Waals surface area contributed by atoms with Crippen LogP contribution >= 0.6 is 7.14 Å². The molecular formula is C19H22F3N6O2P. The van der Waals surface area contributed by atoms with Crippen molar-refractivity contribution >= 4 is 29.4 Å². The van der Waals surface area contributed by atoms with E-state index in [1.165, 1.54) is 19.4 Å². The third-order valence-corrected chi connectivity index (χ3v) is 6.73. The van der Waals surface area contributed by atoms with Gasteiger partial charge >= 0.3 is 11.9 Å². The normalized spacial score (nSPS) is 17.8. The predicted molar refractivity (Wildman–Crippen MR) is 113 cm³/mol. The molecular weight excluding hydrogens is 432 g/mol. The van der Waals surface area contributed by atoms with Crippen molar-refractivity contribution in [3.8, 4) is 5.82 Å². The standard InChI is InChI=1S/C19H22F3N6O2P/c1-31(2,30)14-7-3-6-13-15(14)26-18(29)28(13)16-12(19(20,21)22)10-24-17(27-16)25-11-5-4-8-23-9-11/h3,6-7,10-11,23H,4-5,8-9H2,1-2H3,(H,26,29)(H,24,25,27)/t11-/m0/s1. The minimum Gasteiger partial charge on any atom is -0.350 e. The van der Waals surface area contributed by atoms with E-state index >= 15 is 0 Å². The van der Waals surface area contributed by atoms with Crippen LogP contribution in [-0.4, -0.2) is 52.0 Å². The Morgan fingerprint density at radius 1 is 1.29 bits per heavy atom. The molecule has 166 valence electrons. The lowest BCUT2D eigenvalue weighted by Gasteiger charge is -2.24. The molecule has 0 aliphatic carbocycles. The third-order valence-electron chi connectivity index (χ3n) is 5.19. The number of fused-ring (bicyclic) bond motifs is 1. The highest BCUT2D eigenvalue weighted by molar-refractivity contribution is 7.70. The molecule has 1 saturated heterocycles. The Hall–Kier alpha value is -2.65. The van der Waals surface area contributed by atoms with E-state index in [1.807, 2.05) is 0 Å². The second-order valence-electron chi connectivity index (χ2n) is 7.90. The maximum absolute atomic E-state index is 13.8. The summed E-state index contributed by atoms with van der Waals surface area (Å²) >= 11 is 0. The minimum atomic E-state index is -4.77. The summed E-state index contributed by atoms with van der Waals surface area (Å²) in [5.41, 5.74) is -1.53. The molecule has 31 heavy (non-hydrogen) atoms. The Balaban J connectivity index is 1.90. The monoisotopic (exact) mass is 454 g/mol. The van der Waals surface area contributed by atoms with E-state index in [0.717, 1.165) is 24.0 Å². The molecule has 1 aliphatic rings. The Bertz CT molecular complexity index is 1220. The highest BCUT2D eigenvalue weighted by Crippen LogP contribution is 2.38. The summed E-state index contributed by atoms with van der Waals surface area (Å²) in [6.07, 6.45) is -2.35. The van der Waals surface area contributed by atoms with Gasteiger partial charge in [0.05, 0.1) is 11.0 Å². The first-order valence-electron chi connectivity index (χ1n) is 9.77. The van der Waals surface area contributed by atoms with E-state index < -0.39 is 30.4 Å². The van der Waals surface area contributed by atoms with Crippen LogP contribution in [0, 0.1) is 0 Å². The van der Waals surface area contributed by atoms with Gasteiger partial charge in [-0.3, -0.25) is 0 Å². The van der Waals surface area contributed by atoms with Crippen LogP contribution in [0.5, 0.6) is 0 Å². The fraction of sp³-hybridized carbons (Fsp3) is 0.421. The number of anilines is 1. The molecule has 4 rings (SSSR count). The summed E-state index contributed by atoms with van der Waals surface area (Å²) < 4.78 is 54.8. The maximum atomic E-state index is 13.8. The van der Waals surface area contributed by atoms with Crippen molar-refractivity contribution in [3.63, 3.8) is 0 Å². The summed E-state index contributed by atoms with van der Waals surface area (Å²) in [5.74, 6) is -0.574. The van der Waals surface area contributed by atoms with Crippen molar-refractivity contribution < 1.29 is 17.7 Å². The molecule has 2 aromatic heterocycles. The van der Waals surface area contributed by atoms with Gasteiger partial charge in [-0.05, 0) is 44.8 Å². The largest absolute Gasteiger partial charge is 0.421 e. The van der Waals surface area contributed by atoms with Crippen LogP contribution in [-0.2, 0) is 10.7 Å². The Labute approximate surface area is 175 Å². The zero-order chi connectivity index (χ0) is 22.4. The number of nitrogens with zero attached hydrogens (tertiary/aromatic N) is 3. The lowest BCUT2D eigenvalue weighted by Crippen LogP contribution is -2.39. The third kappa shape index (κ3) is 4.24. The van der Waals surface area contributed by atoms with Gasteiger partial charge in [0.15, 0.2) is 5.82 Å². The summed E-state index contributed by atoms with van der Waals surface area (Å²) in [6, 6.07) is 4.61. The van der Waals surface area contributed by atoms with Crippen LogP contribution < -0.4 is 21.6 Å². The zero-order valence-electron chi connectivity index (χ0n) is 17.0. The van der Waals surface area contributed by atoms with Crippen molar-refractivity contribution in [2.24, 2.45) is 0 Å². The second-order valence-corrected chi connectivity index (χ2v) is 11.1. The molecule has 3 heterocycles. The molecule has 1 aliphatic heterocycles. The number of hydrogen-bond acceptors (Lipinski definition) is 6. The van der Waals surface area contributed by atoms with Gasteiger partial charge in [0.2, 0.25) is 5.95 Å². The lowest BCUT2D eigenvalue weighted by molar-refractivity contribution is -0.137. The van der Waals surface area contributed by atoms with Gasteiger partial charge in [-0.25, -0.2) is 14.3 Å². The molecule has 0 radical (unpaired) electrons. The number of hydrogen-bond donors (Lipinski definition) is 3. The molecule has 0 saturated carbocycles. The number of benzene rings is 1. The van der Waals surface area contributed by atoms with Crippen LogP contribution in [0.2, 0.25) is 0 Å². The predicted octanol–water partition coefficient (Wildman–Crippen LogP) is 2.54. The Morgan fingerprint density at radius 3 is 2.71 bits per heavy atom. The maximum Gasteiger partial charge on any atom is 0.421 e. The van der Waals surface area contributed by atoms with Crippen molar-refractivity contribution in [1.29, 1.82) is 0 Å². The molecule has 3 N–H and O–H groups in total. The zero-order valence-corrected chi connectivity index (χ0v) is 17.8. The van der Waals surface area contributed by atoms with Crippen molar-refractivity contribution in [1.82, 2.24) is 24.8 Å². The van der Waals surface area contributed by atoms with E-state index in [-0.39, 0.29) is 23.0 Å². The number of imidazole rings is 1. The van der Waals surface area contributed by atoms with Crippen LogP contribution in [0.15, 0.2) is 29.2 Å². The molecule has 3 aromatic rings. The number of halogens is 3. The van der Waals surface area contributed by atoms with E-state index in [1.54, 1.807) is 12.1 Å². The Kier molecular flexibility index (Phi) is 5.43. The molecule has 1 atom stereocenters. The van der Waals surface area contributed by atoms with E-state index in [0.29, 0.717) is 18.0 Å². The van der Waals surface area contributed by atoms with Gasteiger partial charge in [-0.15, -0.1) is 0 Å². The smallest absolute Gasteiger partial charge is 0.350 e. The van der Waals surface area contributed by atoms with Crippen molar-refractivity contribution in [2.45, 2.75) is 25.1 Å². The minimum absolute atomic E-state index is 0.00533. The number of H-pyrrole nitrogens is 1. The van der Waals surface area contributed by atoms with Crippen LogP contribution in [0.25, 0.3) is 16.9 Å². The SMILES string of the molecule is CP(C)(=O)c1cccc2c1[nH]c(=O)n2-c1nc(N[C@H]2CCCNC2)ncc1C(F)(F)F. The first kappa shape index (κ1) is 21.6. The van der Waals surface area contributed by atoms with E-state index in [2.05, 4.69) is 25.6 Å². The quantitative estimate of drug-likeness (QED) is 0.524. The number of aromatic nitrogens is 4. The first-order chi connectivity index (χ1) is 14.6. The van der Waals surface area contributed by atoms with Gasteiger partial charge < -0.3 is 20.2 Å². The molecule has 0 spiro atoms. The number of aromatic amines is 1.